The number of amides is 1. The topological polar surface area (TPSA) is 193 Å². The Bertz CT molecular complexity index is 605. The molecule has 2 aliphatic heterocycles. The number of rotatable bonds is 7. The predicted molar refractivity (Wildman–Crippen MR) is 108 cm³/mol. The lowest BCUT2D eigenvalue weighted by molar-refractivity contribution is -0.335. The van der Waals surface area contributed by atoms with Gasteiger partial charge in [-0.1, -0.05) is 19.3 Å². The molecule has 0 radical (unpaired) electrons. The molecule has 8 N–H and O–H groups in total. The zero-order valence-corrected chi connectivity index (χ0v) is 18.2. The van der Waals surface area contributed by atoms with E-state index in [4.69, 9.17) is 24.7 Å². The van der Waals surface area contributed by atoms with Gasteiger partial charge in [0.25, 0.3) is 0 Å². The molecule has 1 saturated carbocycles. The van der Waals surface area contributed by atoms with Crippen molar-refractivity contribution in [2.24, 2.45) is 5.73 Å². The Morgan fingerprint density at radius 3 is 2.16 bits per heavy atom. The van der Waals surface area contributed by atoms with Crippen molar-refractivity contribution in [1.82, 2.24) is 5.32 Å². The van der Waals surface area contributed by atoms with E-state index < -0.39 is 80.4 Å². The van der Waals surface area contributed by atoms with Gasteiger partial charge in [0.2, 0.25) is 5.91 Å². The highest BCUT2D eigenvalue weighted by Gasteiger charge is 2.51. The number of nitrogens with two attached hydrogens (primary N) is 1. The molecule has 3 rings (SSSR count). The van der Waals surface area contributed by atoms with Crippen molar-refractivity contribution in [2.75, 3.05) is 13.2 Å². The van der Waals surface area contributed by atoms with Gasteiger partial charge in [0.1, 0.15) is 42.7 Å². The highest BCUT2D eigenvalue weighted by Crippen LogP contribution is 2.31. The van der Waals surface area contributed by atoms with Crippen molar-refractivity contribution < 1.29 is 49.3 Å². The quantitative estimate of drug-likeness (QED) is 0.204. The molecule has 1 aliphatic carbocycles. The largest absolute Gasteiger partial charge is 0.394 e. The number of aliphatic hydroxyl groups excluding tert-OH is 5. The van der Waals surface area contributed by atoms with Crippen LogP contribution in [0.25, 0.3) is 0 Å². The van der Waals surface area contributed by atoms with E-state index in [1.54, 1.807) is 0 Å². The van der Waals surface area contributed by atoms with E-state index in [0.29, 0.717) is 0 Å². The molecule has 186 valence electrons. The third kappa shape index (κ3) is 5.76. The van der Waals surface area contributed by atoms with Crippen molar-refractivity contribution in [3.63, 3.8) is 0 Å². The Labute approximate surface area is 186 Å². The van der Waals surface area contributed by atoms with Crippen LogP contribution in [0.2, 0.25) is 0 Å². The van der Waals surface area contributed by atoms with Crippen LogP contribution in [0.5, 0.6) is 0 Å². The average molecular weight is 465 g/mol. The van der Waals surface area contributed by atoms with Gasteiger partial charge < -0.3 is 55.5 Å². The van der Waals surface area contributed by atoms with Crippen LogP contribution in [0.15, 0.2) is 0 Å². The molecule has 0 bridgehead atoms. The number of hydrogen-bond donors (Lipinski definition) is 7. The van der Waals surface area contributed by atoms with E-state index in [1.165, 1.54) is 6.92 Å². The maximum Gasteiger partial charge on any atom is 0.217 e. The first-order valence-electron chi connectivity index (χ1n) is 11.2. The molecule has 0 aromatic carbocycles. The molecule has 3 aliphatic rings. The van der Waals surface area contributed by atoms with Crippen molar-refractivity contribution in [1.29, 1.82) is 0 Å². The second-order valence-electron chi connectivity index (χ2n) is 8.72. The lowest BCUT2D eigenvalue weighted by atomic mass is 9.94. The number of nitrogens with one attached hydrogen (secondary N) is 1. The first-order chi connectivity index (χ1) is 15.3. The van der Waals surface area contributed by atoms with Crippen molar-refractivity contribution in [2.45, 2.75) is 106 Å². The summed E-state index contributed by atoms with van der Waals surface area (Å²) in [5.74, 6) is -0.416. The summed E-state index contributed by atoms with van der Waals surface area (Å²) in [6.07, 6.45) is -5.26. The zero-order chi connectivity index (χ0) is 23.4. The van der Waals surface area contributed by atoms with Crippen LogP contribution >= 0.6 is 0 Å². The smallest absolute Gasteiger partial charge is 0.217 e. The SMILES string of the molecule is CC(=O)NC1C(OC2CCCCC2)OC(CO)C(OC2OC(CO)C(O)C(O)C2N)C1O. The number of aliphatic hydroxyl groups is 5. The summed E-state index contributed by atoms with van der Waals surface area (Å²) in [7, 11) is 0. The normalized spacial score (nSPS) is 43.7. The summed E-state index contributed by atoms with van der Waals surface area (Å²) in [5, 5.41) is 53.1. The molecule has 2 heterocycles. The average Bonchev–Trinajstić information content (AvgIpc) is 2.78. The highest BCUT2D eigenvalue weighted by atomic mass is 16.7. The van der Waals surface area contributed by atoms with Gasteiger partial charge in [-0.2, -0.15) is 0 Å². The number of ether oxygens (including phenoxy) is 4. The molecule has 3 fully saturated rings. The van der Waals surface area contributed by atoms with Crippen LogP contribution < -0.4 is 11.1 Å². The van der Waals surface area contributed by atoms with Gasteiger partial charge in [-0.3, -0.25) is 4.79 Å². The molecule has 12 heteroatoms. The standard InChI is InChI=1S/C20H36N2O10/c1-9(25)22-14-17(28)18(32-19-13(21)16(27)15(26)11(7-23)30-19)12(8-24)31-20(14)29-10-5-3-2-4-6-10/h10-20,23-24,26-28H,2-8,21H2,1H3,(H,22,25). The summed E-state index contributed by atoms with van der Waals surface area (Å²) in [4.78, 5) is 11.8. The maximum absolute atomic E-state index is 11.8. The van der Waals surface area contributed by atoms with Crippen LogP contribution in [0.4, 0.5) is 0 Å². The molecule has 0 spiro atoms. The Hall–Kier alpha value is -0.930. The molecular formula is C20H36N2O10. The Balaban J connectivity index is 1.76. The minimum Gasteiger partial charge on any atom is -0.394 e. The summed E-state index contributed by atoms with van der Waals surface area (Å²) >= 11 is 0. The summed E-state index contributed by atoms with van der Waals surface area (Å²) in [6.45, 7) is 0.168. The summed E-state index contributed by atoms with van der Waals surface area (Å²) < 4.78 is 23.2. The van der Waals surface area contributed by atoms with Gasteiger partial charge in [-0.05, 0) is 12.8 Å². The number of carbonyl (C=O) groups excluding carboxylic acids is 1. The summed E-state index contributed by atoms with van der Waals surface area (Å²) in [5.41, 5.74) is 5.92. The lowest BCUT2D eigenvalue weighted by Crippen LogP contribution is -2.68. The van der Waals surface area contributed by atoms with E-state index in [-0.39, 0.29) is 6.10 Å². The molecule has 0 aromatic rings. The lowest BCUT2D eigenvalue weighted by Gasteiger charge is -2.48. The fraction of sp³-hybridized carbons (Fsp3) is 0.950. The highest BCUT2D eigenvalue weighted by molar-refractivity contribution is 5.73. The van der Waals surface area contributed by atoms with E-state index >= 15 is 0 Å². The van der Waals surface area contributed by atoms with Crippen molar-refractivity contribution in [3.8, 4) is 0 Å². The van der Waals surface area contributed by atoms with Gasteiger partial charge >= 0.3 is 0 Å². The second-order valence-corrected chi connectivity index (χ2v) is 8.72. The maximum atomic E-state index is 11.8. The molecule has 1 amide bonds. The monoisotopic (exact) mass is 464 g/mol. The molecule has 10 atom stereocenters. The van der Waals surface area contributed by atoms with Gasteiger partial charge in [-0.25, -0.2) is 0 Å². The fourth-order valence-corrected chi connectivity index (χ4v) is 4.51. The third-order valence-corrected chi connectivity index (χ3v) is 6.32. The van der Waals surface area contributed by atoms with Crippen LogP contribution in [0.1, 0.15) is 39.0 Å². The van der Waals surface area contributed by atoms with E-state index in [0.717, 1.165) is 32.1 Å². The van der Waals surface area contributed by atoms with Crippen LogP contribution in [0, 0.1) is 0 Å². The Kier molecular flexibility index (Phi) is 9.21. The van der Waals surface area contributed by atoms with Crippen molar-refractivity contribution in [3.05, 3.63) is 0 Å². The first-order valence-corrected chi connectivity index (χ1v) is 11.2. The van der Waals surface area contributed by atoms with Gasteiger partial charge in [0.05, 0.1) is 25.4 Å². The number of carbonyl (C=O) groups is 1. The van der Waals surface area contributed by atoms with Gasteiger partial charge in [0.15, 0.2) is 12.6 Å². The molecule has 32 heavy (non-hydrogen) atoms. The molecular weight excluding hydrogens is 428 g/mol. The van der Waals surface area contributed by atoms with Crippen LogP contribution in [0.3, 0.4) is 0 Å². The zero-order valence-electron chi connectivity index (χ0n) is 18.2. The second kappa shape index (κ2) is 11.5. The van der Waals surface area contributed by atoms with E-state index in [2.05, 4.69) is 5.32 Å². The molecule has 0 aromatic heterocycles. The minimum atomic E-state index is -1.45. The van der Waals surface area contributed by atoms with Crippen molar-refractivity contribution >= 4 is 5.91 Å². The van der Waals surface area contributed by atoms with Gasteiger partial charge in [-0.15, -0.1) is 0 Å². The summed E-state index contributed by atoms with van der Waals surface area (Å²) in [6, 6.07) is -2.19. The van der Waals surface area contributed by atoms with Crippen LogP contribution in [-0.4, -0.2) is 112 Å². The third-order valence-electron chi connectivity index (χ3n) is 6.32. The van der Waals surface area contributed by atoms with Gasteiger partial charge in [0, 0.05) is 6.92 Å². The Morgan fingerprint density at radius 1 is 0.938 bits per heavy atom. The predicted octanol–water partition coefficient (Wildman–Crippen LogP) is -2.93. The fourth-order valence-electron chi connectivity index (χ4n) is 4.51. The van der Waals surface area contributed by atoms with E-state index in [9.17, 15) is 30.3 Å². The molecule has 12 nitrogen and oxygen atoms in total. The van der Waals surface area contributed by atoms with Crippen LogP contribution in [-0.2, 0) is 23.7 Å². The molecule has 10 unspecified atom stereocenters. The van der Waals surface area contributed by atoms with E-state index in [1.807, 2.05) is 0 Å². The Morgan fingerprint density at radius 2 is 1.56 bits per heavy atom. The number of hydrogen-bond acceptors (Lipinski definition) is 11. The minimum absolute atomic E-state index is 0.0916. The first kappa shape index (κ1) is 25.7. The molecule has 2 saturated heterocycles.